The minimum absolute atomic E-state index is 0.164. The molecule has 0 spiro atoms. The Morgan fingerprint density at radius 3 is 2.79 bits per heavy atom. The van der Waals surface area contributed by atoms with E-state index in [9.17, 15) is 4.79 Å². The number of hydrogen-bond donors (Lipinski definition) is 2. The molecule has 2 rings (SSSR count). The van der Waals surface area contributed by atoms with Crippen molar-refractivity contribution in [2.24, 2.45) is 5.73 Å². The van der Waals surface area contributed by atoms with Gasteiger partial charge in [0.05, 0.1) is 11.3 Å². The molecule has 19 heavy (non-hydrogen) atoms. The average molecular weight is 278 g/mol. The Morgan fingerprint density at radius 2 is 2.16 bits per heavy atom. The van der Waals surface area contributed by atoms with Gasteiger partial charge in [0.2, 0.25) is 5.91 Å². The molecule has 0 heterocycles. The van der Waals surface area contributed by atoms with Crippen LogP contribution < -0.4 is 11.1 Å². The minimum atomic E-state index is -0.393. The van der Waals surface area contributed by atoms with E-state index in [-0.39, 0.29) is 12.3 Å². The maximum absolute atomic E-state index is 12.0. The second kappa shape index (κ2) is 5.60. The Hall–Kier alpha value is -1.57. The predicted molar refractivity (Wildman–Crippen MR) is 74.8 cm³/mol. The topological polar surface area (TPSA) is 78.9 Å². The molecule has 1 aromatic rings. The minimum Gasteiger partial charge on any atom is -0.325 e. The van der Waals surface area contributed by atoms with Crippen LogP contribution in [0.25, 0.3) is 0 Å². The van der Waals surface area contributed by atoms with Crippen LogP contribution in [0.3, 0.4) is 0 Å². The summed E-state index contributed by atoms with van der Waals surface area (Å²) >= 11 is 5.87. The van der Waals surface area contributed by atoms with E-state index < -0.39 is 5.54 Å². The van der Waals surface area contributed by atoms with Crippen LogP contribution in [0.2, 0.25) is 5.02 Å². The summed E-state index contributed by atoms with van der Waals surface area (Å²) in [5, 5.41) is 12.2. The molecule has 0 aliphatic heterocycles. The molecule has 0 atom stereocenters. The summed E-state index contributed by atoms with van der Waals surface area (Å²) in [4.78, 5) is 12.0. The van der Waals surface area contributed by atoms with Crippen LogP contribution in [0.1, 0.15) is 37.7 Å². The van der Waals surface area contributed by atoms with Crippen LogP contribution in [-0.2, 0) is 4.79 Å². The number of carbonyl (C=O) groups is 1. The highest BCUT2D eigenvalue weighted by Gasteiger charge is 2.31. The highest BCUT2D eigenvalue weighted by Crippen LogP contribution is 2.30. The smallest absolute Gasteiger partial charge is 0.226 e. The lowest BCUT2D eigenvalue weighted by atomic mass is 9.94. The number of nitrogens with zero attached hydrogens (tertiary/aromatic N) is 1. The maximum Gasteiger partial charge on any atom is 0.226 e. The van der Waals surface area contributed by atoms with Crippen molar-refractivity contribution in [1.29, 1.82) is 5.26 Å². The van der Waals surface area contributed by atoms with Crippen molar-refractivity contribution in [1.82, 2.24) is 0 Å². The second-order valence-electron chi connectivity index (χ2n) is 5.10. The SMILES string of the molecule is N#Cc1ccc(Cl)cc1NC(=O)CC1(N)CCCC1. The van der Waals surface area contributed by atoms with Crippen molar-refractivity contribution < 1.29 is 4.79 Å². The molecular weight excluding hydrogens is 262 g/mol. The summed E-state index contributed by atoms with van der Waals surface area (Å²) < 4.78 is 0. The molecule has 4 nitrogen and oxygen atoms in total. The van der Waals surface area contributed by atoms with E-state index in [1.165, 1.54) is 0 Å². The normalized spacial score (nSPS) is 16.9. The third-order valence-electron chi connectivity index (χ3n) is 3.49. The first-order valence-corrected chi connectivity index (χ1v) is 6.69. The van der Waals surface area contributed by atoms with Crippen LogP contribution in [0.15, 0.2) is 18.2 Å². The van der Waals surface area contributed by atoms with E-state index in [2.05, 4.69) is 5.32 Å². The number of carbonyl (C=O) groups excluding carboxylic acids is 1. The van der Waals surface area contributed by atoms with Gasteiger partial charge in [-0.25, -0.2) is 0 Å². The van der Waals surface area contributed by atoms with Gasteiger partial charge in [0.25, 0.3) is 0 Å². The lowest BCUT2D eigenvalue weighted by molar-refractivity contribution is -0.117. The van der Waals surface area contributed by atoms with Gasteiger partial charge in [-0.1, -0.05) is 24.4 Å². The monoisotopic (exact) mass is 277 g/mol. The van der Waals surface area contributed by atoms with Crippen molar-refractivity contribution in [3.63, 3.8) is 0 Å². The van der Waals surface area contributed by atoms with E-state index in [4.69, 9.17) is 22.6 Å². The molecular formula is C14H16ClN3O. The third kappa shape index (κ3) is 3.46. The van der Waals surface area contributed by atoms with Gasteiger partial charge in [-0.15, -0.1) is 0 Å². The largest absolute Gasteiger partial charge is 0.325 e. The zero-order valence-corrected chi connectivity index (χ0v) is 11.3. The highest BCUT2D eigenvalue weighted by molar-refractivity contribution is 6.31. The number of anilines is 1. The lowest BCUT2D eigenvalue weighted by Crippen LogP contribution is -2.40. The second-order valence-corrected chi connectivity index (χ2v) is 5.53. The van der Waals surface area contributed by atoms with E-state index >= 15 is 0 Å². The molecule has 3 N–H and O–H groups in total. The number of hydrogen-bond acceptors (Lipinski definition) is 3. The number of nitrogens with one attached hydrogen (secondary N) is 1. The van der Waals surface area contributed by atoms with Crippen LogP contribution in [0, 0.1) is 11.3 Å². The van der Waals surface area contributed by atoms with Crippen LogP contribution in [0.4, 0.5) is 5.69 Å². The van der Waals surface area contributed by atoms with Gasteiger partial charge in [0, 0.05) is 17.0 Å². The molecule has 1 saturated carbocycles. The van der Waals surface area contributed by atoms with Gasteiger partial charge in [0.15, 0.2) is 0 Å². The summed E-state index contributed by atoms with van der Waals surface area (Å²) in [7, 11) is 0. The molecule has 0 saturated heterocycles. The van der Waals surface area contributed by atoms with E-state index in [1.807, 2.05) is 6.07 Å². The van der Waals surface area contributed by atoms with Gasteiger partial charge in [-0.2, -0.15) is 5.26 Å². The number of rotatable bonds is 3. The first kappa shape index (κ1) is 13.9. The molecule has 5 heteroatoms. The summed E-state index contributed by atoms with van der Waals surface area (Å²) in [6.07, 6.45) is 4.18. The van der Waals surface area contributed by atoms with Gasteiger partial charge in [0.1, 0.15) is 6.07 Å². The molecule has 1 aliphatic carbocycles. The highest BCUT2D eigenvalue weighted by atomic mass is 35.5. The standard InChI is InChI=1S/C14H16ClN3O/c15-11-4-3-10(9-16)12(7-11)18-13(19)8-14(17)5-1-2-6-14/h3-4,7H,1-2,5-6,8,17H2,(H,18,19). The van der Waals surface area contributed by atoms with Crippen LogP contribution >= 0.6 is 11.6 Å². The summed E-state index contributed by atoms with van der Waals surface area (Å²) in [6, 6.07) is 6.82. The fourth-order valence-electron chi connectivity index (χ4n) is 2.49. The quantitative estimate of drug-likeness (QED) is 0.892. The van der Waals surface area contributed by atoms with Crippen molar-refractivity contribution in [2.75, 3.05) is 5.32 Å². The van der Waals surface area contributed by atoms with Gasteiger partial charge >= 0.3 is 0 Å². The average Bonchev–Trinajstić information content (AvgIpc) is 2.75. The number of nitrogens with two attached hydrogens (primary N) is 1. The first-order chi connectivity index (χ1) is 9.02. The Morgan fingerprint density at radius 1 is 1.47 bits per heavy atom. The Kier molecular flexibility index (Phi) is 4.08. The van der Waals surface area contributed by atoms with Gasteiger partial charge < -0.3 is 11.1 Å². The maximum atomic E-state index is 12.0. The molecule has 0 unspecified atom stereocenters. The van der Waals surface area contributed by atoms with Crippen molar-refractivity contribution in [2.45, 2.75) is 37.6 Å². The summed E-state index contributed by atoms with van der Waals surface area (Å²) in [5.74, 6) is -0.164. The van der Waals surface area contributed by atoms with Crippen molar-refractivity contribution in [3.8, 4) is 6.07 Å². The number of benzene rings is 1. The molecule has 100 valence electrons. The van der Waals surface area contributed by atoms with E-state index in [0.29, 0.717) is 16.3 Å². The molecule has 0 bridgehead atoms. The Balaban J connectivity index is 2.07. The van der Waals surface area contributed by atoms with E-state index in [1.54, 1.807) is 18.2 Å². The lowest BCUT2D eigenvalue weighted by Gasteiger charge is -2.22. The molecule has 1 aromatic carbocycles. The third-order valence-corrected chi connectivity index (χ3v) is 3.72. The summed E-state index contributed by atoms with van der Waals surface area (Å²) in [6.45, 7) is 0. The predicted octanol–water partition coefficient (Wildman–Crippen LogP) is 2.81. The molecule has 1 amide bonds. The Labute approximate surface area is 117 Å². The zero-order valence-electron chi connectivity index (χ0n) is 10.6. The van der Waals surface area contributed by atoms with E-state index in [0.717, 1.165) is 25.7 Å². The molecule has 1 fully saturated rings. The Bertz CT molecular complexity index is 530. The van der Waals surface area contributed by atoms with Crippen molar-refractivity contribution >= 4 is 23.2 Å². The summed E-state index contributed by atoms with van der Waals surface area (Å²) in [5.41, 5.74) is 6.61. The fraction of sp³-hybridized carbons (Fsp3) is 0.429. The fourth-order valence-corrected chi connectivity index (χ4v) is 2.66. The molecule has 0 aromatic heterocycles. The van der Waals surface area contributed by atoms with Crippen LogP contribution in [0.5, 0.6) is 0 Å². The van der Waals surface area contributed by atoms with Crippen LogP contribution in [-0.4, -0.2) is 11.4 Å². The molecule has 1 aliphatic rings. The zero-order chi connectivity index (χ0) is 13.9. The van der Waals surface area contributed by atoms with Gasteiger partial charge in [-0.05, 0) is 31.0 Å². The molecule has 0 radical (unpaired) electrons. The number of amides is 1. The van der Waals surface area contributed by atoms with Crippen molar-refractivity contribution in [3.05, 3.63) is 28.8 Å². The number of halogens is 1. The first-order valence-electron chi connectivity index (χ1n) is 6.31. The number of nitriles is 1. The van der Waals surface area contributed by atoms with Gasteiger partial charge in [-0.3, -0.25) is 4.79 Å².